The average molecular weight is 383 g/mol. The maximum atomic E-state index is 12.9. The number of ether oxygens (including phenoxy) is 1. The first-order chi connectivity index (χ1) is 8.75. The molecule has 4 nitrogen and oxygen atoms in total. The zero-order valence-electron chi connectivity index (χ0n) is 10.3. The minimum atomic E-state index is -0.904. The van der Waals surface area contributed by atoms with Crippen LogP contribution in [0.25, 0.3) is 0 Å². The summed E-state index contributed by atoms with van der Waals surface area (Å²) in [6.07, 6.45) is 1.04. The van der Waals surface area contributed by atoms with Gasteiger partial charge in [0.15, 0.2) is 17.6 Å². The van der Waals surface area contributed by atoms with Crippen LogP contribution < -0.4 is 15.4 Å². The average Bonchev–Trinajstić information content (AvgIpc) is 2.40. The lowest BCUT2D eigenvalue weighted by molar-refractivity contribution is 0.318. The second-order valence-electron chi connectivity index (χ2n) is 3.86. The Labute approximate surface area is 127 Å². The molecule has 1 aliphatic rings. The first kappa shape index (κ1) is 15.9. The van der Waals surface area contributed by atoms with Gasteiger partial charge in [0.05, 0.1) is 6.54 Å². The van der Waals surface area contributed by atoms with Crippen LogP contribution >= 0.6 is 24.0 Å². The van der Waals surface area contributed by atoms with E-state index in [4.69, 9.17) is 4.74 Å². The molecule has 0 fully saturated rings. The number of benzene rings is 1. The molecule has 0 radical (unpaired) electrons. The minimum absolute atomic E-state index is 0. The number of hydrogen-bond acceptors (Lipinski definition) is 4. The van der Waals surface area contributed by atoms with Gasteiger partial charge in [0.2, 0.25) is 0 Å². The van der Waals surface area contributed by atoms with Crippen molar-refractivity contribution in [3.63, 3.8) is 0 Å². The van der Waals surface area contributed by atoms with Crippen molar-refractivity contribution in [2.24, 2.45) is 4.99 Å². The summed E-state index contributed by atoms with van der Waals surface area (Å²) >= 11 is 0. The maximum absolute atomic E-state index is 12.9. The van der Waals surface area contributed by atoms with E-state index >= 15 is 0 Å². The molecule has 0 spiro atoms. The number of rotatable bonds is 4. The summed E-state index contributed by atoms with van der Waals surface area (Å²) in [5.41, 5.74) is 0. The van der Waals surface area contributed by atoms with Crippen LogP contribution in [0.15, 0.2) is 23.2 Å². The fourth-order valence-corrected chi connectivity index (χ4v) is 1.56. The molecule has 19 heavy (non-hydrogen) atoms. The van der Waals surface area contributed by atoms with Crippen LogP contribution in [0.5, 0.6) is 5.75 Å². The van der Waals surface area contributed by atoms with Crippen molar-refractivity contribution in [3.05, 3.63) is 29.8 Å². The van der Waals surface area contributed by atoms with Crippen molar-refractivity contribution in [1.29, 1.82) is 0 Å². The van der Waals surface area contributed by atoms with Crippen molar-refractivity contribution >= 4 is 29.9 Å². The van der Waals surface area contributed by atoms with E-state index in [1.165, 1.54) is 6.07 Å². The summed E-state index contributed by atoms with van der Waals surface area (Å²) in [5.74, 6) is -0.704. The van der Waals surface area contributed by atoms with E-state index in [2.05, 4.69) is 15.6 Å². The predicted octanol–water partition coefficient (Wildman–Crippen LogP) is 1.90. The molecule has 0 unspecified atom stereocenters. The highest BCUT2D eigenvalue weighted by atomic mass is 127. The molecule has 0 atom stereocenters. The van der Waals surface area contributed by atoms with Gasteiger partial charge in [0.25, 0.3) is 0 Å². The summed E-state index contributed by atoms with van der Waals surface area (Å²) in [5, 5.41) is 6.17. The summed E-state index contributed by atoms with van der Waals surface area (Å²) in [6.45, 7) is 2.63. The molecule has 7 heteroatoms. The molecule has 0 amide bonds. The largest absolute Gasteiger partial charge is 0.492 e. The lowest BCUT2D eigenvalue weighted by atomic mass is 10.3. The van der Waals surface area contributed by atoms with Crippen molar-refractivity contribution in [2.45, 2.75) is 6.42 Å². The van der Waals surface area contributed by atoms with Crippen LogP contribution in [-0.4, -0.2) is 32.2 Å². The number of hydrogen-bond donors (Lipinski definition) is 2. The highest BCUT2D eigenvalue weighted by Gasteiger charge is 2.04. The van der Waals surface area contributed by atoms with E-state index in [1.807, 2.05) is 0 Å². The van der Waals surface area contributed by atoms with E-state index in [1.54, 1.807) is 0 Å². The smallest absolute Gasteiger partial charge is 0.191 e. The van der Waals surface area contributed by atoms with Gasteiger partial charge in [-0.25, -0.2) is 8.78 Å². The van der Waals surface area contributed by atoms with Crippen LogP contribution in [-0.2, 0) is 0 Å². The second-order valence-corrected chi connectivity index (χ2v) is 3.86. The monoisotopic (exact) mass is 383 g/mol. The topological polar surface area (TPSA) is 45.6 Å². The van der Waals surface area contributed by atoms with Crippen molar-refractivity contribution < 1.29 is 13.5 Å². The van der Waals surface area contributed by atoms with Crippen LogP contribution in [0.2, 0.25) is 0 Å². The summed E-state index contributed by atoms with van der Waals surface area (Å²) in [7, 11) is 0. The molecule has 1 aromatic rings. The minimum Gasteiger partial charge on any atom is -0.492 e. The molecule has 2 rings (SSSR count). The first-order valence-corrected chi connectivity index (χ1v) is 5.86. The maximum Gasteiger partial charge on any atom is 0.191 e. The highest BCUT2D eigenvalue weighted by molar-refractivity contribution is 14.0. The Bertz CT molecular complexity index is 443. The van der Waals surface area contributed by atoms with Gasteiger partial charge in [0.1, 0.15) is 12.4 Å². The van der Waals surface area contributed by atoms with Crippen LogP contribution in [0.3, 0.4) is 0 Å². The molecule has 0 bridgehead atoms. The molecular weight excluding hydrogens is 367 g/mol. The van der Waals surface area contributed by atoms with E-state index in [-0.39, 0.29) is 24.0 Å². The van der Waals surface area contributed by atoms with Crippen molar-refractivity contribution in [3.8, 4) is 5.75 Å². The third-order valence-electron chi connectivity index (χ3n) is 2.45. The molecule has 0 aliphatic carbocycles. The molecule has 2 N–H and O–H groups in total. The summed E-state index contributed by atoms with van der Waals surface area (Å²) in [4.78, 5) is 4.23. The van der Waals surface area contributed by atoms with Crippen LogP contribution in [0.1, 0.15) is 6.42 Å². The van der Waals surface area contributed by atoms with E-state index in [0.717, 1.165) is 37.6 Å². The Hall–Kier alpha value is -1.12. The first-order valence-electron chi connectivity index (χ1n) is 5.86. The molecule has 1 heterocycles. The van der Waals surface area contributed by atoms with Gasteiger partial charge >= 0.3 is 0 Å². The number of nitrogens with one attached hydrogen (secondary N) is 2. The molecule has 106 valence electrons. The number of nitrogens with zero attached hydrogens (tertiary/aromatic N) is 1. The quantitative estimate of drug-likeness (QED) is 0.617. The zero-order chi connectivity index (χ0) is 12.8. The molecule has 1 aromatic carbocycles. The van der Waals surface area contributed by atoms with E-state index in [9.17, 15) is 8.78 Å². The number of aliphatic imine (C=N–C) groups is 1. The van der Waals surface area contributed by atoms with Crippen molar-refractivity contribution in [2.75, 3.05) is 26.2 Å². The molecule has 1 aliphatic heterocycles. The Balaban J connectivity index is 0.00000180. The van der Waals surface area contributed by atoms with Gasteiger partial charge in [-0.05, 0) is 18.6 Å². The molecule has 0 aromatic heterocycles. The number of halogens is 3. The SMILES string of the molecule is Fc1ccc(OCCNC2=NCCCN2)cc1F.I. The third kappa shape index (κ3) is 5.17. The van der Waals surface area contributed by atoms with Gasteiger partial charge in [-0.3, -0.25) is 4.99 Å². The van der Waals surface area contributed by atoms with Gasteiger partial charge < -0.3 is 15.4 Å². The molecular formula is C12H16F2IN3O. The van der Waals surface area contributed by atoms with E-state index < -0.39 is 11.6 Å². The summed E-state index contributed by atoms with van der Waals surface area (Å²) in [6, 6.07) is 3.48. The molecule has 0 saturated heterocycles. The van der Waals surface area contributed by atoms with Crippen LogP contribution in [0.4, 0.5) is 8.78 Å². The fourth-order valence-electron chi connectivity index (χ4n) is 1.56. The Morgan fingerprint density at radius 1 is 1.32 bits per heavy atom. The Morgan fingerprint density at radius 3 is 2.84 bits per heavy atom. The summed E-state index contributed by atoms with van der Waals surface area (Å²) < 4.78 is 30.8. The van der Waals surface area contributed by atoms with Gasteiger partial charge in [0, 0.05) is 19.2 Å². The number of guanidine groups is 1. The van der Waals surface area contributed by atoms with Gasteiger partial charge in [-0.1, -0.05) is 0 Å². The van der Waals surface area contributed by atoms with E-state index in [0.29, 0.717) is 18.9 Å². The zero-order valence-corrected chi connectivity index (χ0v) is 12.6. The van der Waals surface area contributed by atoms with Gasteiger partial charge in [-0.15, -0.1) is 24.0 Å². The third-order valence-corrected chi connectivity index (χ3v) is 2.45. The Kier molecular flexibility index (Phi) is 6.82. The van der Waals surface area contributed by atoms with Crippen LogP contribution in [0, 0.1) is 11.6 Å². The lowest BCUT2D eigenvalue weighted by Crippen LogP contribution is -2.42. The van der Waals surface area contributed by atoms with Crippen molar-refractivity contribution in [1.82, 2.24) is 10.6 Å². The highest BCUT2D eigenvalue weighted by Crippen LogP contribution is 2.14. The molecule has 0 saturated carbocycles. The Morgan fingerprint density at radius 2 is 2.16 bits per heavy atom. The lowest BCUT2D eigenvalue weighted by Gasteiger charge is -2.16. The van der Waals surface area contributed by atoms with Gasteiger partial charge in [-0.2, -0.15) is 0 Å². The normalized spacial score (nSPS) is 13.9. The predicted molar refractivity (Wildman–Crippen MR) is 80.2 cm³/mol. The fraction of sp³-hybridized carbons (Fsp3) is 0.417. The standard InChI is InChI=1S/C12H15F2N3O.HI/c13-10-3-2-9(8-11(10)14)18-7-6-17-12-15-4-1-5-16-12;/h2-3,8H,1,4-7H2,(H2,15,16,17);1H. The second kappa shape index (κ2) is 8.13.